The van der Waals surface area contributed by atoms with Crippen LogP contribution in [-0.2, 0) is 6.61 Å². The molecule has 0 amide bonds. The highest BCUT2D eigenvalue weighted by molar-refractivity contribution is 6.32. The largest absolute Gasteiger partial charge is 0.487 e. The van der Waals surface area contributed by atoms with E-state index in [-0.39, 0.29) is 0 Å². The molecule has 0 atom stereocenters. The van der Waals surface area contributed by atoms with Crippen LogP contribution in [0.1, 0.15) is 5.56 Å². The maximum atomic E-state index is 5.84. The predicted octanol–water partition coefficient (Wildman–Crippen LogP) is 2.61. The predicted molar refractivity (Wildman–Crippen MR) is 77.9 cm³/mol. The molecule has 3 aromatic rings. The first-order valence-corrected chi connectivity index (χ1v) is 6.14. The van der Waals surface area contributed by atoms with Crippen LogP contribution >= 0.6 is 0 Å². The van der Waals surface area contributed by atoms with E-state index < -0.39 is 0 Å². The van der Waals surface area contributed by atoms with Gasteiger partial charge >= 0.3 is 0 Å². The fourth-order valence-corrected chi connectivity index (χ4v) is 2.00. The number of hydrogen-bond acceptors (Lipinski definition) is 2. The fraction of sp³-hybridized carbons (Fsp3) is 0.0625. The minimum atomic E-state index is 0.534. The van der Waals surface area contributed by atoms with Crippen molar-refractivity contribution in [1.82, 2.24) is 4.98 Å². The van der Waals surface area contributed by atoms with Gasteiger partial charge in [0.25, 0.3) is 0 Å². The SMILES string of the molecule is [B]c1cnc2c(OCc3ccccc3)cccc2c1. The Labute approximate surface area is 113 Å². The number of aromatic nitrogens is 1. The van der Waals surface area contributed by atoms with Crippen molar-refractivity contribution in [2.75, 3.05) is 0 Å². The normalized spacial score (nSPS) is 10.5. The molecule has 19 heavy (non-hydrogen) atoms. The summed E-state index contributed by atoms with van der Waals surface area (Å²) < 4.78 is 5.84. The summed E-state index contributed by atoms with van der Waals surface area (Å²) in [5, 5.41) is 0.991. The molecule has 2 aromatic carbocycles. The molecule has 2 radical (unpaired) electrons. The number of ether oxygens (including phenoxy) is 1. The van der Waals surface area contributed by atoms with Gasteiger partial charge in [0.1, 0.15) is 25.7 Å². The fourth-order valence-electron chi connectivity index (χ4n) is 2.00. The van der Waals surface area contributed by atoms with E-state index in [4.69, 9.17) is 12.6 Å². The molecule has 0 aliphatic rings. The molecule has 3 rings (SSSR count). The highest BCUT2D eigenvalue weighted by Gasteiger charge is 2.03. The van der Waals surface area contributed by atoms with E-state index in [0.29, 0.717) is 12.1 Å². The minimum absolute atomic E-state index is 0.534. The van der Waals surface area contributed by atoms with Gasteiger partial charge in [-0.05, 0) is 11.6 Å². The molecule has 0 fully saturated rings. The van der Waals surface area contributed by atoms with Crippen LogP contribution in [0.25, 0.3) is 10.9 Å². The average molecular weight is 245 g/mol. The van der Waals surface area contributed by atoms with Crippen LogP contribution < -0.4 is 10.2 Å². The third-order valence-corrected chi connectivity index (χ3v) is 2.93. The lowest BCUT2D eigenvalue weighted by Gasteiger charge is -2.09. The summed E-state index contributed by atoms with van der Waals surface area (Å²) in [4.78, 5) is 4.34. The zero-order valence-corrected chi connectivity index (χ0v) is 10.4. The first kappa shape index (κ1) is 11.8. The number of nitrogens with zero attached hydrogens (tertiary/aromatic N) is 1. The Morgan fingerprint density at radius 1 is 1.00 bits per heavy atom. The molecule has 0 saturated heterocycles. The van der Waals surface area contributed by atoms with Gasteiger partial charge in [-0.15, -0.1) is 0 Å². The number of hydrogen-bond donors (Lipinski definition) is 0. The van der Waals surface area contributed by atoms with Crippen molar-refractivity contribution in [2.24, 2.45) is 0 Å². The minimum Gasteiger partial charge on any atom is -0.487 e. The third-order valence-electron chi connectivity index (χ3n) is 2.93. The lowest BCUT2D eigenvalue weighted by Crippen LogP contribution is -2.03. The Morgan fingerprint density at radius 3 is 2.68 bits per heavy atom. The Hall–Kier alpha value is -2.29. The van der Waals surface area contributed by atoms with E-state index in [1.54, 1.807) is 6.20 Å². The van der Waals surface area contributed by atoms with Gasteiger partial charge in [-0.3, -0.25) is 4.98 Å². The van der Waals surface area contributed by atoms with Gasteiger partial charge in [-0.2, -0.15) is 0 Å². The molecule has 2 nitrogen and oxygen atoms in total. The highest BCUT2D eigenvalue weighted by atomic mass is 16.5. The van der Waals surface area contributed by atoms with Gasteiger partial charge in [-0.1, -0.05) is 54.0 Å². The monoisotopic (exact) mass is 245 g/mol. The zero-order valence-electron chi connectivity index (χ0n) is 10.4. The van der Waals surface area contributed by atoms with Crippen molar-refractivity contribution in [2.45, 2.75) is 6.61 Å². The quantitative estimate of drug-likeness (QED) is 0.661. The van der Waals surface area contributed by atoms with Crippen LogP contribution in [0.5, 0.6) is 5.75 Å². The molecule has 0 unspecified atom stereocenters. The number of pyridine rings is 1. The van der Waals surface area contributed by atoms with E-state index in [1.807, 2.05) is 54.6 Å². The lowest BCUT2D eigenvalue weighted by atomic mass is 9.97. The van der Waals surface area contributed by atoms with Crippen LogP contribution in [0.15, 0.2) is 60.8 Å². The van der Waals surface area contributed by atoms with Crippen molar-refractivity contribution >= 4 is 24.2 Å². The van der Waals surface area contributed by atoms with Crippen molar-refractivity contribution in [3.05, 3.63) is 66.4 Å². The summed E-state index contributed by atoms with van der Waals surface area (Å²) in [5.74, 6) is 0.779. The number of para-hydroxylation sites is 1. The summed E-state index contributed by atoms with van der Waals surface area (Å²) in [6.45, 7) is 0.534. The standard InChI is InChI=1S/C16H12BNO/c17-14-9-13-7-4-8-15(16(13)18-10-14)19-11-12-5-2-1-3-6-12/h1-10H,11H2. The smallest absolute Gasteiger partial charge is 0.146 e. The summed E-state index contributed by atoms with van der Waals surface area (Å²) in [6.07, 6.45) is 1.65. The molecule has 0 spiro atoms. The van der Waals surface area contributed by atoms with Crippen molar-refractivity contribution in [3.63, 3.8) is 0 Å². The van der Waals surface area contributed by atoms with Crippen molar-refractivity contribution in [3.8, 4) is 5.75 Å². The van der Waals surface area contributed by atoms with Gasteiger partial charge in [0.05, 0.1) is 0 Å². The van der Waals surface area contributed by atoms with E-state index in [1.165, 1.54) is 0 Å². The zero-order chi connectivity index (χ0) is 13.1. The third kappa shape index (κ3) is 2.60. The average Bonchev–Trinajstić information content (AvgIpc) is 2.45. The van der Waals surface area contributed by atoms with Gasteiger partial charge in [0.15, 0.2) is 0 Å². The molecule has 1 aromatic heterocycles. The topological polar surface area (TPSA) is 22.1 Å². The maximum absolute atomic E-state index is 5.84. The van der Waals surface area contributed by atoms with E-state index >= 15 is 0 Å². The van der Waals surface area contributed by atoms with Gasteiger partial charge < -0.3 is 4.74 Å². The molecule has 0 N–H and O–H groups in total. The molecule has 1 heterocycles. The van der Waals surface area contributed by atoms with Crippen LogP contribution in [0.3, 0.4) is 0 Å². The van der Waals surface area contributed by atoms with E-state index in [9.17, 15) is 0 Å². The second kappa shape index (κ2) is 5.15. The summed E-state index contributed by atoms with van der Waals surface area (Å²) in [7, 11) is 5.74. The van der Waals surface area contributed by atoms with Crippen molar-refractivity contribution in [1.29, 1.82) is 0 Å². The van der Waals surface area contributed by atoms with Crippen LogP contribution in [0, 0.1) is 0 Å². The summed E-state index contributed by atoms with van der Waals surface area (Å²) in [5.41, 5.74) is 2.63. The van der Waals surface area contributed by atoms with Crippen molar-refractivity contribution < 1.29 is 4.74 Å². The number of benzene rings is 2. The Morgan fingerprint density at radius 2 is 1.84 bits per heavy atom. The summed E-state index contributed by atoms with van der Waals surface area (Å²) >= 11 is 0. The van der Waals surface area contributed by atoms with Gasteiger partial charge in [0.2, 0.25) is 0 Å². The Balaban J connectivity index is 1.89. The first-order valence-electron chi connectivity index (χ1n) is 6.14. The Bertz CT molecular complexity index is 697. The number of fused-ring (bicyclic) bond motifs is 1. The number of rotatable bonds is 3. The van der Waals surface area contributed by atoms with Crippen LogP contribution in [-0.4, -0.2) is 12.8 Å². The van der Waals surface area contributed by atoms with Gasteiger partial charge in [-0.25, -0.2) is 0 Å². The molecule has 0 aliphatic heterocycles. The maximum Gasteiger partial charge on any atom is 0.146 e. The Kier molecular flexibility index (Phi) is 3.19. The molecule has 0 bridgehead atoms. The van der Waals surface area contributed by atoms with E-state index in [0.717, 1.165) is 22.2 Å². The first-order chi connectivity index (χ1) is 9.33. The van der Waals surface area contributed by atoms with Crippen LogP contribution in [0.2, 0.25) is 0 Å². The van der Waals surface area contributed by atoms with E-state index in [2.05, 4.69) is 4.98 Å². The molecule has 0 aliphatic carbocycles. The second-order valence-electron chi connectivity index (χ2n) is 4.37. The molecular weight excluding hydrogens is 233 g/mol. The molecule has 0 saturated carbocycles. The lowest BCUT2D eigenvalue weighted by molar-refractivity contribution is 0.309. The second-order valence-corrected chi connectivity index (χ2v) is 4.37. The summed E-state index contributed by atoms with van der Waals surface area (Å²) in [6, 6.07) is 17.8. The van der Waals surface area contributed by atoms with Crippen LogP contribution in [0.4, 0.5) is 0 Å². The highest BCUT2D eigenvalue weighted by Crippen LogP contribution is 2.23. The molecule has 3 heteroatoms. The molecular formula is C16H12BNO. The van der Waals surface area contributed by atoms with Gasteiger partial charge in [0, 0.05) is 11.6 Å². The molecule has 90 valence electrons.